The number of hydrogen-bond acceptors (Lipinski definition) is 4. The van der Waals surface area contributed by atoms with E-state index in [9.17, 15) is 0 Å². The smallest absolute Gasteiger partial charge is 0.0979 e. The van der Waals surface area contributed by atoms with Crippen LogP contribution in [0.5, 0.6) is 0 Å². The summed E-state index contributed by atoms with van der Waals surface area (Å²) in [5, 5.41) is 2.68. The first-order chi connectivity index (χ1) is 19.2. The van der Waals surface area contributed by atoms with Gasteiger partial charge in [0, 0.05) is 31.7 Å². The molecule has 4 aromatic carbocycles. The van der Waals surface area contributed by atoms with Crippen molar-refractivity contribution < 1.29 is 0 Å². The highest BCUT2D eigenvalue weighted by atomic mass is 33.1. The number of nitrogens with zero attached hydrogens (tertiary/aromatic N) is 2. The van der Waals surface area contributed by atoms with E-state index in [-0.39, 0.29) is 0 Å². The molecule has 0 aromatic heterocycles. The summed E-state index contributed by atoms with van der Waals surface area (Å²) in [4.78, 5) is 13.9. The lowest BCUT2D eigenvalue weighted by atomic mass is 9.92. The first-order valence-electron chi connectivity index (χ1n) is 14.6. The van der Waals surface area contributed by atoms with Crippen LogP contribution in [0.2, 0.25) is 0 Å². The zero-order valence-electron chi connectivity index (χ0n) is 24.8. The fourth-order valence-corrected chi connectivity index (χ4v) is 8.50. The first-order valence-corrected chi connectivity index (χ1v) is 16.7. The molecule has 0 saturated heterocycles. The molecule has 0 fully saturated rings. The van der Waals surface area contributed by atoms with E-state index in [1.807, 2.05) is 21.6 Å². The second-order valence-electron chi connectivity index (χ2n) is 12.2. The lowest BCUT2D eigenvalue weighted by molar-refractivity contribution is 0.834. The van der Waals surface area contributed by atoms with Crippen LogP contribution in [0.3, 0.4) is 0 Å². The van der Waals surface area contributed by atoms with E-state index in [4.69, 9.17) is 9.98 Å². The average molecular weight is 563 g/mol. The van der Waals surface area contributed by atoms with Gasteiger partial charge in [-0.15, -0.1) is 0 Å². The number of hydrogen-bond donors (Lipinski definition) is 0. The molecule has 40 heavy (non-hydrogen) atoms. The third-order valence-corrected chi connectivity index (χ3v) is 10.6. The molecule has 0 spiro atoms. The molecule has 0 amide bonds. The number of rotatable bonds is 6. The standard InChI is InChI=1S/C36H38N2S2/c1-19(2)23-11-9-12-24(20(3)4)33(23)37-35-27-15-17-29-32-30(40-39-29)18-16-28(31(27)32)36(35)38-34-25(21(5)6)13-10-14-26(34)22(7)8/h9-22H,1-8H3. The van der Waals surface area contributed by atoms with Crippen LogP contribution in [0, 0.1) is 0 Å². The highest BCUT2D eigenvalue weighted by Gasteiger charge is 2.33. The van der Waals surface area contributed by atoms with Crippen LogP contribution in [0.25, 0.3) is 10.8 Å². The van der Waals surface area contributed by atoms with Crippen LogP contribution in [-0.4, -0.2) is 11.4 Å². The Morgan fingerprint density at radius 3 is 1.12 bits per heavy atom. The summed E-state index contributed by atoms with van der Waals surface area (Å²) >= 11 is 0. The summed E-state index contributed by atoms with van der Waals surface area (Å²) in [6.07, 6.45) is 0. The summed E-state index contributed by atoms with van der Waals surface area (Å²) in [5.74, 6) is 1.50. The van der Waals surface area contributed by atoms with Gasteiger partial charge in [-0.1, -0.05) is 126 Å². The molecule has 1 heterocycles. The van der Waals surface area contributed by atoms with Crippen LogP contribution in [0.1, 0.15) is 112 Å². The maximum Gasteiger partial charge on any atom is 0.0979 e. The van der Waals surface area contributed by atoms with E-state index in [1.54, 1.807) is 0 Å². The van der Waals surface area contributed by atoms with E-state index in [2.05, 4.69) is 116 Å². The number of benzene rings is 4. The molecule has 6 rings (SSSR count). The van der Waals surface area contributed by atoms with Crippen molar-refractivity contribution >= 4 is 55.2 Å². The Hall–Kier alpha value is -2.82. The van der Waals surface area contributed by atoms with Gasteiger partial charge in [0.1, 0.15) is 0 Å². The lowest BCUT2D eigenvalue weighted by Crippen LogP contribution is -2.12. The summed E-state index contributed by atoms with van der Waals surface area (Å²) in [5.41, 5.74) is 11.8. The maximum absolute atomic E-state index is 5.62. The molecule has 1 aliphatic carbocycles. The fraction of sp³-hybridized carbons (Fsp3) is 0.333. The molecular formula is C36H38N2S2. The lowest BCUT2D eigenvalue weighted by Gasteiger charge is -2.19. The zero-order valence-corrected chi connectivity index (χ0v) is 26.4. The van der Waals surface area contributed by atoms with Crippen LogP contribution >= 0.6 is 21.6 Å². The Bertz CT molecular complexity index is 1530. The van der Waals surface area contributed by atoms with E-state index >= 15 is 0 Å². The quantitative estimate of drug-likeness (QED) is 0.218. The average Bonchev–Trinajstić information content (AvgIpc) is 3.47. The van der Waals surface area contributed by atoms with Gasteiger partial charge in [-0.25, -0.2) is 9.98 Å². The van der Waals surface area contributed by atoms with Gasteiger partial charge >= 0.3 is 0 Å². The predicted molar refractivity (Wildman–Crippen MR) is 177 cm³/mol. The highest BCUT2D eigenvalue weighted by Crippen LogP contribution is 2.54. The number of aliphatic imine (C=N–C) groups is 2. The third kappa shape index (κ3) is 4.44. The molecule has 4 heteroatoms. The molecule has 2 nitrogen and oxygen atoms in total. The molecule has 1 aliphatic heterocycles. The van der Waals surface area contributed by atoms with E-state index in [0.717, 1.165) is 22.8 Å². The molecule has 204 valence electrons. The molecule has 2 aliphatic rings. The summed E-state index contributed by atoms with van der Waals surface area (Å²) in [6, 6.07) is 22.5. The molecule has 0 atom stereocenters. The van der Waals surface area contributed by atoms with Crippen LogP contribution in [0.4, 0.5) is 11.4 Å². The summed E-state index contributed by atoms with van der Waals surface area (Å²) in [7, 11) is 3.73. The summed E-state index contributed by atoms with van der Waals surface area (Å²) < 4.78 is 0. The highest BCUT2D eigenvalue weighted by molar-refractivity contribution is 8.77. The van der Waals surface area contributed by atoms with Gasteiger partial charge in [0.15, 0.2) is 0 Å². The van der Waals surface area contributed by atoms with Crippen molar-refractivity contribution in [1.82, 2.24) is 0 Å². The second-order valence-corrected chi connectivity index (χ2v) is 14.5. The van der Waals surface area contributed by atoms with Crippen molar-refractivity contribution in [3.63, 3.8) is 0 Å². The molecular weight excluding hydrogens is 525 g/mol. The van der Waals surface area contributed by atoms with Crippen LogP contribution in [0.15, 0.2) is 80.4 Å². The van der Waals surface area contributed by atoms with Crippen LogP contribution in [-0.2, 0) is 0 Å². The molecule has 0 radical (unpaired) electrons. The van der Waals surface area contributed by atoms with Crippen molar-refractivity contribution in [3.8, 4) is 0 Å². The van der Waals surface area contributed by atoms with Gasteiger partial charge in [-0.05, 0) is 58.1 Å². The minimum atomic E-state index is 0.375. The minimum Gasteiger partial charge on any atom is -0.245 e. The van der Waals surface area contributed by atoms with Gasteiger partial charge < -0.3 is 0 Å². The molecule has 0 unspecified atom stereocenters. The van der Waals surface area contributed by atoms with E-state index in [1.165, 1.54) is 53.9 Å². The SMILES string of the molecule is CC(C)c1cccc(C(C)C)c1N=C1C(=Nc2c(C(C)C)cccc2C(C)C)c2ccc3c4c(ccc1c24)SS3. The Morgan fingerprint density at radius 2 is 0.800 bits per heavy atom. The van der Waals surface area contributed by atoms with Crippen molar-refractivity contribution in [2.45, 2.75) is 88.9 Å². The zero-order chi connectivity index (χ0) is 28.3. The predicted octanol–water partition coefficient (Wildman–Crippen LogP) is 11.7. The van der Waals surface area contributed by atoms with E-state index in [0.29, 0.717) is 23.7 Å². The third-order valence-electron chi connectivity index (χ3n) is 8.17. The van der Waals surface area contributed by atoms with Crippen molar-refractivity contribution in [3.05, 3.63) is 94.0 Å². The Kier molecular flexibility index (Phi) is 7.21. The maximum atomic E-state index is 5.62. The van der Waals surface area contributed by atoms with Crippen molar-refractivity contribution in [1.29, 1.82) is 0 Å². The number of para-hydroxylation sites is 2. The van der Waals surface area contributed by atoms with Gasteiger partial charge in [0.25, 0.3) is 0 Å². The van der Waals surface area contributed by atoms with Gasteiger partial charge in [0.05, 0.1) is 22.8 Å². The topological polar surface area (TPSA) is 24.7 Å². The molecule has 4 aromatic rings. The molecule has 0 bridgehead atoms. The first kappa shape index (κ1) is 27.4. The normalized spacial score (nSPS) is 16.3. The Labute approximate surface area is 247 Å². The van der Waals surface area contributed by atoms with Crippen LogP contribution < -0.4 is 0 Å². The largest absolute Gasteiger partial charge is 0.245 e. The second kappa shape index (κ2) is 10.5. The fourth-order valence-electron chi connectivity index (χ4n) is 6.04. The molecule has 0 saturated carbocycles. The van der Waals surface area contributed by atoms with Gasteiger partial charge in [0.2, 0.25) is 0 Å². The Balaban J connectivity index is 1.72. The van der Waals surface area contributed by atoms with Gasteiger partial charge in [-0.2, -0.15) is 0 Å². The summed E-state index contributed by atoms with van der Waals surface area (Å²) in [6.45, 7) is 18.2. The minimum absolute atomic E-state index is 0.375. The Morgan fingerprint density at radius 1 is 0.450 bits per heavy atom. The van der Waals surface area contributed by atoms with Gasteiger partial charge in [-0.3, -0.25) is 0 Å². The van der Waals surface area contributed by atoms with Crippen molar-refractivity contribution in [2.75, 3.05) is 0 Å². The molecule has 0 N–H and O–H groups in total. The van der Waals surface area contributed by atoms with Crippen molar-refractivity contribution in [2.24, 2.45) is 9.98 Å². The monoisotopic (exact) mass is 562 g/mol. The van der Waals surface area contributed by atoms with E-state index < -0.39 is 0 Å².